The van der Waals surface area contributed by atoms with Gasteiger partial charge >= 0.3 is 0 Å². The van der Waals surface area contributed by atoms with Crippen LogP contribution in [0.3, 0.4) is 0 Å². The minimum atomic E-state index is -0.297. The lowest BCUT2D eigenvalue weighted by Gasteiger charge is -2.05. The summed E-state index contributed by atoms with van der Waals surface area (Å²) in [5.74, 6) is 0.0370. The molecule has 156 valence electrons. The molecule has 0 bridgehead atoms. The van der Waals surface area contributed by atoms with Gasteiger partial charge in [0.15, 0.2) is 17.3 Å². The van der Waals surface area contributed by atoms with E-state index in [2.05, 4.69) is 15.1 Å². The van der Waals surface area contributed by atoms with Crippen LogP contribution in [-0.2, 0) is 4.79 Å². The van der Waals surface area contributed by atoms with Gasteiger partial charge in [-0.05, 0) is 55.0 Å². The molecule has 0 saturated heterocycles. The number of nitrogens with one attached hydrogen (secondary N) is 1. The quantitative estimate of drug-likeness (QED) is 0.196. The maximum atomic E-state index is 12.2. The van der Waals surface area contributed by atoms with E-state index in [-0.39, 0.29) is 11.7 Å². The highest BCUT2D eigenvalue weighted by Gasteiger charge is 2.12. The van der Waals surface area contributed by atoms with Crippen molar-refractivity contribution in [2.24, 2.45) is 0 Å². The summed E-state index contributed by atoms with van der Waals surface area (Å²) in [6.45, 7) is 8.61. The molecule has 4 rings (SSSR count). The van der Waals surface area contributed by atoms with Crippen LogP contribution in [0.15, 0.2) is 72.8 Å². The summed E-state index contributed by atoms with van der Waals surface area (Å²) in [5, 5.41) is 13.2. The fraction of sp³-hybridized carbons (Fsp3) is 0.0400. The molecule has 0 aliphatic carbocycles. The maximum absolute atomic E-state index is 12.2. The molecular formula is C25H18N4O3. The number of fused-ring (bicyclic) bond motifs is 1. The van der Waals surface area contributed by atoms with Crippen molar-refractivity contribution >= 4 is 40.2 Å². The lowest BCUT2D eigenvalue weighted by molar-refractivity contribution is -0.111. The van der Waals surface area contributed by atoms with E-state index in [1.807, 2.05) is 0 Å². The summed E-state index contributed by atoms with van der Waals surface area (Å²) in [4.78, 5) is 31.3. The van der Waals surface area contributed by atoms with Crippen molar-refractivity contribution in [3.63, 3.8) is 0 Å². The minimum Gasteiger partial charge on any atom is -0.426 e. The highest BCUT2D eigenvalue weighted by molar-refractivity contribution is 6.02. The van der Waals surface area contributed by atoms with Crippen molar-refractivity contribution in [3.8, 4) is 11.4 Å². The number of carbonyl (C=O) groups is 2. The summed E-state index contributed by atoms with van der Waals surface area (Å²) in [5.41, 5.74) is 4.12. The van der Waals surface area contributed by atoms with Crippen LogP contribution >= 0.6 is 0 Å². The van der Waals surface area contributed by atoms with Crippen LogP contribution in [0.4, 0.5) is 11.4 Å². The van der Waals surface area contributed by atoms with Crippen LogP contribution in [0.2, 0.25) is 0 Å². The number of anilines is 1. The second-order valence-corrected chi connectivity index (χ2v) is 7.11. The molecule has 0 fully saturated rings. The Morgan fingerprint density at radius 3 is 2.44 bits per heavy atom. The van der Waals surface area contributed by atoms with Gasteiger partial charge in [0.25, 0.3) is 0 Å². The van der Waals surface area contributed by atoms with E-state index in [0.29, 0.717) is 39.4 Å². The average Bonchev–Trinajstić information content (AvgIpc) is 3.14. The molecule has 2 N–H and O–H groups in total. The number of Topliss-reactive ketones (excluding diaryl/α,β-unsaturated/α-hetero) is 1. The Bertz CT molecular complexity index is 1390. The predicted molar refractivity (Wildman–Crippen MR) is 123 cm³/mol. The zero-order valence-electron chi connectivity index (χ0n) is 17.1. The summed E-state index contributed by atoms with van der Waals surface area (Å²) >= 11 is 0. The maximum Gasteiger partial charge on any atom is 0.248 e. The van der Waals surface area contributed by atoms with Crippen molar-refractivity contribution in [2.45, 2.75) is 6.92 Å². The summed E-state index contributed by atoms with van der Waals surface area (Å²) in [6.07, 6.45) is 3.08. The fourth-order valence-electron chi connectivity index (χ4n) is 3.20. The van der Waals surface area contributed by atoms with Crippen LogP contribution in [-0.4, -0.2) is 26.6 Å². The molecule has 1 heterocycles. The Balaban J connectivity index is 1.46. The first kappa shape index (κ1) is 20.6. The Morgan fingerprint density at radius 1 is 1.06 bits per heavy atom. The number of nitrogens with zero attached hydrogens (tertiary/aromatic N) is 3. The topological polar surface area (TPSA) is 88.6 Å². The Kier molecular flexibility index (Phi) is 5.51. The van der Waals surface area contributed by atoms with Crippen LogP contribution in [0.25, 0.3) is 33.3 Å². The van der Waals surface area contributed by atoms with Gasteiger partial charge in [-0.25, -0.2) is 9.83 Å². The van der Waals surface area contributed by atoms with Crippen molar-refractivity contribution < 1.29 is 14.8 Å². The molecule has 3 aromatic carbocycles. The van der Waals surface area contributed by atoms with E-state index >= 15 is 0 Å². The average molecular weight is 422 g/mol. The monoisotopic (exact) mass is 422 g/mol. The molecule has 4 aromatic rings. The van der Waals surface area contributed by atoms with E-state index in [0.717, 1.165) is 10.3 Å². The SMILES string of the molecule is [C-]#[N+]c1ccc2nc(-c3ccc(NC(=O)/C=C/c4ccc(C(C)=O)cc4)cc3)n(O)c2c1. The summed E-state index contributed by atoms with van der Waals surface area (Å²) in [7, 11) is 0. The van der Waals surface area contributed by atoms with E-state index in [1.54, 1.807) is 72.8 Å². The number of ketones is 1. The number of carbonyl (C=O) groups excluding carboxylic acids is 2. The molecule has 0 unspecified atom stereocenters. The van der Waals surface area contributed by atoms with Gasteiger partial charge in [0, 0.05) is 22.9 Å². The van der Waals surface area contributed by atoms with Crippen molar-refractivity contribution in [1.82, 2.24) is 9.71 Å². The Hall–Kier alpha value is -4.70. The molecular weight excluding hydrogens is 404 g/mol. The van der Waals surface area contributed by atoms with Gasteiger partial charge in [0.05, 0.1) is 17.6 Å². The zero-order valence-corrected chi connectivity index (χ0v) is 17.1. The summed E-state index contributed by atoms with van der Waals surface area (Å²) in [6, 6.07) is 18.8. The molecule has 1 aromatic heterocycles. The lowest BCUT2D eigenvalue weighted by atomic mass is 10.1. The van der Waals surface area contributed by atoms with Crippen LogP contribution in [0, 0.1) is 6.57 Å². The zero-order chi connectivity index (χ0) is 22.7. The van der Waals surface area contributed by atoms with Crippen molar-refractivity contribution in [3.05, 3.63) is 95.4 Å². The van der Waals surface area contributed by atoms with Gasteiger partial charge in [0.2, 0.25) is 5.91 Å². The Morgan fingerprint density at radius 2 is 1.78 bits per heavy atom. The van der Waals surface area contributed by atoms with E-state index in [9.17, 15) is 14.8 Å². The number of aromatic nitrogens is 2. The molecule has 0 aliphatic heterocycles. The number of rotatable bonds is 5. The van der Waals surface area contributed by atoms with E-state index in [1.165, 1.54) is 13.0 Å². The van der Waals surface area contributed by atoms with Gasteiger partial charge in [0.1, 0.15) is 0 Å². The van der Waals surface area contributed by atoms with Gasteiger partial charge in [-0.1, -0.05) is 30.3 Å². The molecule has 0 radical (unpaired) electrons. The molecule has 0 atom stereocenters. The second-order valence-electron chi connectivity index (χ2n) is 7.11. The lowest BCUT2D eigenvalue weighted by Crippen LogP contribution is -2.07. The first-order chi connectivity index (χ1) is 15.4. The second kappa shape index (κ2) is 8.58. The fourth-order valence-corrected chi connectivity index (χ4v) is 3.20. The number of imidazole rings is 1. The number of benzene rings is 3. The molecule has 0 spiro atoms. The highest BCUT2D eigenvalue weighted by Crippen LogP contribution is 2.27. The minimum absolute atomic E-state index is 0.00777. The number of hydrogen-bond donors (Lipinski definition) is 2. The van der Waals surface area contributed by atoms with Gasteiger partial charge < -0.3 is 10.5 Å². The third-order valence-electron chi connectivity index (χ3n) is 4.90. The van der Waals surface area contributed by atoms with Crippen molar-refractivity contribution in [2.75, 3.05) is 5.32 Å². The van der Waals surface area contributed by atoms with Crippen LogP contribution in [0.1, 0.15) is 22.8 Å². The van der Waals surface area contributed by atoms with Crippen LogP contribution < -0.4 is 5.32 Å². The standard InChI is InChI=1S/C25H18N4O3/c1-16(30)18-6-3-17(4-7-18)5-14-24(31)27-20-10-8-19(9-11-20)25-28-22-13-12-21(26-2)15-23(22)29(25)32/h3-15,32H,1H3,(H,27,31)/b14-5+. The third-order valence-corrected chi connectivity index (χ3v) is 4.90. The Labute approximate surface area is 184 Å². The molecule has 1 amide bonds. The van der Waals surface area contributed by atoms with Crippen molar-refractivity contribution in [1.29, 1.82) is 0 Å². The van der Waals surface area contributed by atoms with Gasteiger partial charge in [-0.15, -0.1) is 0 Å². The van der Waals surface area contributed by atoms with Gasteiger partial charge in [-0.2, -0.15) is 4.73 Å². The molecule has 0 aliphatic rings. The van der Waals surface area contributed by atoms with Gasteiger partial charge in [-0.3, -0.25) is 9.59 Å². The van der Waals surface area contributed by atoms with E-state index in [4.69, 9.17) is 6.57 Å². The number of hydrogen-bond acceptors (Lipinski definition) is 4. The molecule has 7 nitrogen and oxygen atoms in total. The first-order valence-corrected chi connectivity index (χ1v) is 9.74. The van der Waals surface area contributed by atoms with Crippen LogP contribution in [0.5, 0.6) is 0 Å². The normalized spacial score (nSPS) is 10.9. The molecule has 0 saturated carbocycles. The molecule has 7 heteroatoms. The third kappa shape index (κ3) is 4.25. The summed E-state index contributed by atoms with van der Waals surface area (Å²) < 4.78 is 0.956. The largest absolute Gasteiger partial charge is 0.426 e. The van der Waals surface area contributed by atoms with E-state index < -0.39 is 0 Å². The smallest absolute Gasteiger partial charge is 0.248 e. The highest BCUT2D eigenvalue weighted by atomic mass is 16.5. The number of amides is 1. The first-order valence-electron chi connectivity index (χ1n) is 9.74. The molecule has 32 heavy (non-hydrogen) atoms. The predicted octanol–water partition coefficient (Wildman–Crippen LogP) is 5.35.